The number of halogens is 1. The first-order chi connectivity index (χ1) is 6.39. The van der Waals surface area contributed by atoms with Crippen molar-refractivity contribution in [2.45, 2.75) is 38.8 Å². The molecule has 82 valence electrons. The van der Waals surface area contributed by atoms with Gasteiger partial charge in [0.2, 0.25) is 0 Å². The predicted molar refractivity (Wildman–Crippen MR) is 49.8 cm³/mol. The second-order valence-electron chi connectivity index (χ2n) is 3.90. The van der Waals surface area contributed by atoms with Gasteiger partial charge in [-0.1, -0.05) is 0 Å². The van der Waals surface area contributed by atoms with E-state index in [1.807, 2.05) is 0 Å². The van der Waals surface area contributed by atoms with Gasteiger partial charge in [0.15, 0.2) is 0 Å². The standard InChI is InChI=1S/C9H16FNO3/c1-9(2,3)14-8(13)11-7(6-10)4-5-12/h5,7H,4,6H2,1-3H3,(H,11,13). The SMILES string of the molecule is CC(C)(C)OC(=O)NC(CF)CC=O. The number of rotatable bonds is 4. The van der Waals surface area contributed by atoms with Crippen molar-refractivity contribution in [3.05, 3.63) is 0 Å². The van der Waals surface area contributed by atoms with Gasteiger partial charge in [-0.2, -0.15) is 0 Å². The average Bonchev–Trinajstić information content (AvgIpc) is 2.00. The molecule has 0 rings (SSSR count). The van der Waals surface area contributed by atoms with Gasteiger partial charge in [-0.05, 0) is 20.8 Å². The minimum Gasteiger partial charge on any atom is -0.444 e. The van der Waals surface area contributed by atoms with Crippen molar-refractivity contribution in [3.63, 3.8) is 0 Å². The summed E-state index contributed by atoms with van der Waals surface area (Å²) < 4.78 is 17.1. The van der Waals surface area contributed by atoms with E-state index in [1.54, 1.807) is 20.8 Å². The first-order valence-corrected chi connectivity index (χ1v) is 4.38. The Balaban J connectivity index is 3.96. The van der Waals surface area contributed by atoms with Gasteiger partial charge in [-0.25, -0.2) is 9.18 Å². The quantitative estimate of drug-likeness (QED) is 0.706. The second kappa shape index (κ2) is 5.57. The lowest BCUT2D eigenvalue weighted by molar-refractivity contribution is -0.108. The third-order valence-corrected chi connectivity index (χ3v) is 1.29. The summed E-state index contributed by atoms with van der Waals surface area (Å²) >= 11 is 0. The maximum Gasteiger partial charge on any atom is 0.407 e. The van der Waals surface area contributed by atoms with Crippen LogP contribution in [0, 0.1) is 0 Å². The largest absolute Gasteiger partial charge is 0.444 e. The van der Waals surface area contributed by atoms with Gasteiger partial charge in [0.25, 0.3) is 0 Å². The van der Waals surface area contributed by atoms with Crippen LogP contribution in [0.2, 0.25) is 0 Å². The Morgan fingerprint density at radius 3 is 2.50 bits per heavy atom. The predicted octanol–water partition coefficient (Wildman–Crippen LogP) is 1.44. The van der Waals surface area contributed by atoms with Crippen LogP contribution < -0.4 is 5.32 Å². The van der Waals surface area contributed by atoms with E-state index in [9.17, 15) is 14.0 Å². The molecule has 0 aliphatic carbocycles. The lowest BCUT2D eigenvalue weighted by Gasteiger charge is -2.21. The fourth-order valence-corrected chi connectivity index (χ4v) is 0.751. The Kier molecular flexibility index (Phi) is 5.12. The van der Waals surface area contributed by atoms with Crippen LogP contribution in [0.1, 0.15) is 27.2 Å². The van der Waals surface area contributed by atoms with E-state index in [0.717, 1.165) is 0 Å². The maximum absolute atomic E-state index is 12.2. The molecule has 5 heteroatoms. The third-order valence-electron chi connectivity index (χ3n) is 1.29. The van der Waals surface area contributed by atoms with Crippen LogP contribution in [-0.2, 0) is 9.53 Å². The molecule has 1 atom stereocenters. The molecule has 0 aromatic heterocycles. The average molecular weight is 205 g/mol. The summed E-state index contributed by atoms with van der Waals surface area (Å²) in [7, 11) is 0. The summed E-state index contributed by atoms with van der Waals surface area (Å²) in [5, 5.41) is 2.26. The van der Waals surface area contributed by atoms with Gasteiger partial charge in [0.1, 0.15) is 18.6 Å². The van der Waals surface area contributed by atoms with Crippen LogP contribution in [0.3, 0.4) is 0 Å². The Morgan fingerprint density at radius 2 is 2.14 bits per heavy atom. The van der Waals surface area contributed by atoms with Crippen molar-refractivity contribution < 1.29 is 18.7 Å². The molecule has 0 aliphatic rings. The van der Waals surface area contributed by atoms with Crippen molar-refractivity contribution in [3.8, 4) is 0 Å². The number of nitrogens with one attached hydrogen (secondary N) is 1. The third kappa shape index (κ3) is 6.39. The van der Waals surface area contributed by atoms with Gasteiger partial charge < -0.3 is 14.8 Å². The molecule has 0 spiro atoms. The molecular formula is C9H16FNO3. The number of ether oxygens (including phenoxy) is 1. The summed E-state index contributed by atoms with van der Waals surface area (Å²) in [5.74, 6) is 0. The van der Waals surface area contributed by atoms with Crippen LogP contribution in [0.5, 0.6) is 0 Å². The Bertz CT molecular complexity index is 201. The molecule has 14 heavy (non-hydrogen) atoms. The molecule has 0 radical (unpaired) electrons. The van der Waals surface area contributed by atoms with Crippen molar-refractivity contribution in [1.82, 2.24) is 5.32 Å². The molecule has 0 aromatic carbocycles. The molecule has 1 unspecified atom stereocenters. The number of carbonyl (C=O) groups is 2. The molecule has 0 fully saturated rings. The molecule has 0 saturated heterocycles. The lowest BCUT2D eigenvalue weighted by Crippen LogP contribution is -2.40. The first kappa shape index (κ1) is 12.9. The number of amides is 1. The number of alkyl halides is 1. The molecule has 0 aromatic rings. The van der Waals surface area contributed by atoms with E-state index in [4.69, 9.17) is 4.74 Å². The van der Waals surface area contributed by atoms with E-state index >= 15 is 0 Å². The molecule has 1 amide bonds. The first-order valence-electron chi connectivity index (χ1n) is 4.38. The molecule has 4 nitrogen and oxygen atoms in total. The summed E-state index contributed by atoms with van der Waals surface area (Å²) in [6, 6.07) is -0.789. The normalized spacial score (nSPS) is 13.1. The highest BCUT2D eigenvalue weighted by Gasteiger charge is 2.18. The van der Waals surface area contributed by atoms with Gasteiger partial charge >= 0.3 is 6.09 Å². The fourth-order valence-electron chi connectivity index (χ4n) is 0.751. The van der Waals surface area contributed by atoms with E-state index < -0.39 is 24.4 Å². The van der Waals surface area contributed by atoms with Crippen molar-refractivity contribution in [1.29, 1.82) is 0 Å². The van der Waals surface area contributed by atoms with Crippen molar-refractivity contribution in [2.24, 2.45) is 0 Å². The highest BCUT2D eigenvalue weighted by molar-refractivity contribution is 5.68. The Labute approximate surface area is 82.8 Å². The fraction of sp³-hybridized carbons (Fsp3) is 0.778. The van der Waals surface area contributed by atoms with E-state index in [1.165, 1.54) is 0 Å². The minimum absolute atomic E-state index is 0.0459. The molecular weight excluding hydrogens is 189 g/mol. The van der Waals surface area contributed by atoms with E-state index in [-0.39, 0.29) is 6.42 Å². The monoisotopic (exact) mass is 205 g/mol. The van der Waals surface area contributed by atoms with Crippen LogP contribution in [-0.4, -0.2) is 30.7 Å². The van der Waals surface area contributed by atoms with Crippen LogP contribution >= 0.6 is 0 Å². The summed E-state index contributed by atoms with van der Waals surface area (Å²) in [5.41, 5.74) is -0.619. The molecule has 1 N–H and O–H groups in total. The van der Waals surface area contributed by atoms with Gasteiger partial charge in [-0.15, -0.1) is 0 Å². The van der Waals surface area contributed by atoms with Gasteiger partial charge in [0.05, 0.1) is 6.04 Å². The zero-order chi connectivity index (χ0) is 11.2. The van der Waals surface area contributed by atoms with Crippen molar-refractivity contribution in [2.75, 3.05) is 6.67 Å². The second-order valence-corrected chi connectivity index (χ2v) is 3.90. The lowest BCUT2D eigenvalue weighted by atomic mass is 10.2. The van der Waals surface area contributed by atoms with Gasteiger partial charge in [0, 0.05) is 6.42 Å². The van der Waals surface area contributed by atoms with Crippen LogP contribution in [0.25, 0.3) is 0 Å². The number of aldehydes is 1. The number of alkyl carbamates (subject to hydrolysis) is 1. The molecule has 0 heterocycles. The number of hydrogen-bond acceptors (Lipinski definition) is 3. The molecule has 0 saturated carbocycles. The Morgan fingerprint density at radius 1 is 1.57 bits per heavy atom. The van der Waals surface area contributed by atoms with Gasteiger partial charge in [-0.3, -0.25) is 0 Å². The smallest absolute Gasteiger partial charge is 0.407 e. The molecule has 0 bridgehead atoms. The van der Waals surface area contributed by atoms with Crippen LogP contribution in [0.15, 0.2) is 0 Å². The highest BCUT2D eigenvalue weighted by atomic mass is 19.1. The zero-order valence-electron chi connectivity index (χ0n) is 8.67. The number of carbonyl (C=O) groups excluding carboxylic acids is 2. The van der Waals surface area contributed by atoms with E-state index in [0.29, 0.717) is 6.29 Å². The summed E-state index contributed by atoms with van der Waals surface area (Å²) in [6.45, 7) is 4.34. The molecule has 0 aliphatic heterocycles. The maximum atomic E-state index is 12.2. The summed E-state index contributed by atoms with van der Waals surface area (Å²) in [6.07, 6.45) is -0.195. The topological polar surface area (TPSA) is 55.4 Å². The minimum atomic E-state index is -0.789. The highest BCUT2D eigenvalue weighted by Crippen LogP contribution is 2.07. The Hall–Kier alpha value is -1.13. The number of hydrogen-bond donors (Lipinski definition) is 1. The van der Waals surface area contributed by atoms with Crippen molar-refractivity contribution >= 4 is 12.4 Å². The van der Waals surface area contributed by atoms with E-state index in [2.05, 4.69) is 5.32 Å². The summed E-state index contributed by atoms with van der Waals surface area (Å²) in [4.78, 5) is 21.2. The van der Waals surface area contributed by atoms with Crippen LogP contribution in [0.4, 0.5) is 9.18 Å². The zero-order valence-corrected chi connectivity index (χ0v) is 8.67.